The summed E-state index contributed by atoms with van der Waals surface area (Å²) < 4.78 is 11.0. The molecule has 4 nitrogen and oxygen atoms in total. The van der Waals surface area contributed by atoms with Gasteiger partial charge in [0.2, 0.25) is 0 Å². The van der Waals surface area contributed by atoms with Gasteiger partial charge in [-0.15, -0.1) is 0 Å². The highest BCUT2D eigenvalue weighted by atomic mass is 16.6. The Hall–Kier alpha value is -1.55. The van der Waals surface area contributed by atoms with Crippen LogP contribution < -0.4 is 5.73 Å². The van der Waals surface area contributed by atoms with E-state index in [9.17, 15) is 4.79 Å². The number of amides is 1. The van der Waals surface area contributed by atoms with Gasteiger partial charge in [0.25, 0.3) is 0 Å². The Bertz CT molecular complexity index is 438. The predicted octanol–water partition coefficient (Wildman–Crippen LogP) is 3.25. The monoisotopic (exact) mass is 277 g/mol. The third kappa shape index (κ3) is 4.53. The standard InChI is InChI=1S/C16H23NO3/c1-16(2,20-15(17)18)10-13-8-14(9-13)19-11-12-6-4-3-5-7-12/h3-7,13-14H,8-11H2,1-2H3,(H2,17,18). The van der Waals surface area contributed by atoms with Crippen LogP contribution in [0.2, 0.25) is 0 Å². The minimum absolute atomic E-state index is 0.324. The first kappa shape index (κ1) is 14.9. The van der Waals surface area contributed by atoms with Gasteiger partial charge in [0, 0.05) is 0 Å². The Balaban J connectivity index is 1.66. The summed E-state index contributed by atoms with van der Waals surface area (Å²) in [7, 11) is 0. The van der Waals surface area contributed by atoms with Crippen molar-refractivity contribution in [3.05, 3.63) is 35.9 Å². The molecule has 1 aromatic carbocycles. The molecule has 1 fully saturated rings. The molecule has 0 unspecified atom stereocenters. The van der Waals surface area contributed by atoms with Crippen molar-refractivity contribution in [1.82, 2.24) is 0 Å². The number of carbonyl (C=O) groups is 1. The number of ether oxygens (including phenoxy) is 2. The summed E-state index contributed by atoms with van der Waals surface area (Å²) in [6, 6.07) is 10.2. The number of benzene rings is 1. The smallest absolute Gasteiger partial charge is 0.405 e. The van der Waals surface area contributed by atoms with E-state index in [2.05, 4.69) is 12.1 Å². The third-order valence-corrected chi connectivity index (χ3v) is 3.68. The number of rotatable bonds is 6. The zero-order chi connectivity index (χ0) is 14.6. The molecule has 1 amide bonds. The molecule has 110 valence electrons. The zero-order valence-electron chi connectivity index (χ0n) is 12.2. The van der Waals surface area contributed by atoms with Gasteiger partial charge in [-0.2, -0.15) is 0 Å². The highest BCUT2D eigenvalue weighted by molar-refractivity contribution is 5.65. The van der Waals surface area contributed by atoms with Crippen LogP contribution >= 0.6 is 0 Å². The average molecular weight is 277 g/mol. The van der Waals surface area contributed by atoms with Gasteiger partial charge in [-0.3, -0.25) is 0 Å². The third-order valence-electron chi connectivity index (χ3n) is 3.68. The van der Waals surface area contributed by atoms with Gasteiger partial charge in [0.1, 0.15) is 5.60 Å². The van der Waals surface area contributed by atoms with Crippen LogP contribution in [0.5, 0.6) is 0 Å². The Labute approximate surface area is 120 Å². The van der Waals surface area contributed by atoms with Crippen LogP contribution in [0.4, 0.5) is 4.79 Å². The molecule has 0 atom stereocenters. The highest BCUT2D eigenvalue weighted by Crippen LogP contribution is 2.37. The number of carbonyl (C=O) groups excluding carboxylic acids is 1. The number of hydrogen-bond donors (Lipinski definition) is 1. The van der Waals surface area contributed by atoms with Crippen molar-refractivity contribution in [1.29, 1.82) is 0 Å². The van der Waals surface area contributed by atoms with E-state index in [0.717, 1.165) is 19.3 Å². The quantitative estimate of drug-likeness (QED) is 0.868. The average Bonchev–Trinajstić information content (AvgIpc) is 2.31. The summed E-state index contributed by atoms with van der Waals surface area (Å²) in [5.41, 5.74) is 5.78. The Morgan fingerprint density at radius 3 is 2.55 bits per heavy atom. The number of hydrogen-bond acceptors (Lipinski definition) is 3. The summed E-state index contributed by atoms with van der Waals surface area (Å²) in [5, 5.41) is 0. The van der Waals surface area contributed by atoms with E-state index in [1.807, 2.05) is 32.0 Å². The van der Waals surface area contributed by atoms with Gasteiger partial charge in [0.05, 0.1) is 12.7 Å². The fraction of sp³-hybridized carbons (Fsp3) is 0.562. The fourth-order valence-corrected chi connectivity index (χ4v) is 2.77. The molecule has 0 heterocycles. The van der Waals surface area contributed by atoms with E-state index in [0.29, 0.717) is 18.6 Å². The van der Waals surface area contributed by atoms with Crippen molar-refractivity contribution < 1.29 is 14.3 Å². The highest BCUT2D eigenvalue weighted by Gasteiger charge is 2.35. The summed E-state index contributed by atoms with van der Waals surface area (Å²) in [5.74, 6) is 0.546. The van der Waals surface area contributed by atoms with Crippen molar-refractivity contribution >= 4 is 6.09 Å². The maximum Gasteiger partial charge on any atom is 0.405 e. The van der Waals surface area contributed by atoms with Crippen LogP contribution in [0, 0.1) is 5.92 Å². The molecular formula is C16H23NO3. The Morgan fingerprint density at radius 1 is 1.30 bits per heavy atom. The summed E-state index contributed by atoms with van der Waals surface area (Å²) in [4.78, 5) is 10.8. The topological polar surface area (TPSA) is 61.6 Å². The van der Waals surface area contributed by atoms with Crippen molar-refractivity contribution in [3.8, 4) is 0 Å². The normalized spacial score (nSPS) is 22.1. The van der Waals surface area contributed by atoms with E-state index >= 15 is 0 Å². The molecule has 20 heavy (non-hydrogen) atoms. The van der Waals surface area contributed by atoms with Crippen LogP contribution in [0.1, 0.15) is 38.7 Å². The minimum Gasteiger partial charge on any atom is -0.444 e. The van der Waals surface area contributed by atoms with E-state index < -0.39 is 11.7 Å². The van der Waals surface area contributed by atoms with E-state index in [1.54, 1.807) is 0 Å². The van der Waals surface area contributed by atoms with Gasteiger partial charge < -0.3 is 15.2 Å². The van der Waals surface area contributed by atoms with Crippen molar-refractivity contribution in [2.24, 2.45) is 11.7 Å². The molecule has 0 bridgehead atoms. The lowest BCUT2D eigenvalue weighted by Gasteiger charge is -2.39. The molecule has 2 N–H and O–H groups in total. The van der Waals surface area contributed by atoms with E-state index in [-0.39, 0.29) is 0 Å². The van der Waals surface area contributed by atoms with Gasteiger partial charge >= 0.3 is 6.09 Å². The molecule has 4 heteroatoms. The minimum atomic E-state index is -0.703. The molecule has 0 saturated heterocycles. The Kier molecular flexibility index (Phi) is 4.65. The van der Waals surface area contributed by atoms with Crippen molar-refractivity contribution in [2.75, 3.05) is 0 Å². The van der Waals surface area contributed by atoms with Gasteiger partial charge in [-0.05, 0) is 44.6 Å². The second-order valence-electron chi connectivity index (χ2n) is 6.14. The van der Waals surface area contributed by atoms with Crippen LogP contribution in [0.25, 0.3) is 0 Å². The molecule has 0 aliphatic heterocycles. The lowest BCUT2D eigenvalue weighted by atomic mass is 9.76. The second-order valence-corrected chi connectivity index (χ2v) is 6.14. The first-order valence-corrected chi connectivity index (χ1v) is 7.08. The number of primary amides is 1. The van der Waals surface area contributed by atoms with E-state index in [1.165, 1.54) is 5.56 Å². The van der Waals surface area contributed by atoms with E-state index in [4.69, 9.17) is 15.2 Å². The van der Waals surface area contributed by atoms with Crippen LogP contribution in [-0.2, 0) is 16.1 Å². The maximum absolute atomic E-state index is 10.8. The predicted molar refractivity (Wildman–Crippen MR) is 77.1 cm³/mol. The molecule has 1 aromatic rings. The van der Waals surface area contributed by atoms with Crippen LogP contribution in [0.15, 0.2) is 30.3 Å². The molecule has 0 spiro atoms. The lowest BCUT2D eigenvalue weighted by Crippen LogP contribution is -2.39. The van der Waals surface area contributed by atoms with Crippen LogP contribution in [0.3, 0.4) is 0 Å². The summed E-state index contributed by atoms with van der Waals surface area (Å²) in [6.07, 6.45) is 2.51. The summed E-state index contributed by atoms with van der Waals surface area (Å²) in [6.45, 7) is 4.46. The van der Waals surface area contributed by atoms with Crippen molar-refractivity contribution in [2.45, 2.75) is 51.4 Å². The maximum atomic E-state index is 10.8. The first-order chi connectivity index (χ1) is 9.44. The fourth-order valence-electron chi connectivity index (χ4n) is 2.77. The molecule has 2 rings (SSSR count). The lowest BCUT2D eigenvalue weighted by molar-refractivity contribution is -0.0643. The van der Waals surface area contributed by atoms with Crippen molar-refractivity contribution in [3.63, 3.8) is 0 Å². The Morgan fingerprint density at radius 2 is 1.95 bits per heavy atom. The molecule has 0 radical (unpaired) electrons. The molecule has 1 aliphatic rings. The first-order valence-electron chi connectivity index (χ1n) is 7.08. The largest absolute Gasteiger partial charge is 0.444 e. The van der Waals surface area contributed by atoms with Gasteiger partial charge in [-0.25, -0.2) is 4.79 Å². The summed E-state index contributed by atoms with van der Waals surface area (Å²) >= 11 is 0. The van der Waals surface area contributed by atoms with Gasteiger partial charge in [-0.1, -0.05) is 30.3 Å². The molecular weight excluding hydrogens is 254 g/mol. The van der Waals surface area contributed by atoms with Crippen LogP contribution in [-0.4, -0.2) is 17.8 Å². The second kappa shape index (κ2) is 6.27. The molecule has 1 aliphatic carbocycles. The SMILES string of the molecule is CC(C)(CC1CC(OCc2ccccc2)C1)OC(N)=O. The molecule has 1 saturated carbocycles. The zero-order valence-corrected chi connectivity index (χ0v) is 12.2. The number of nitrogens with two attached hydrogens (primary N) is 1. The van der Waals surface area contributed by atoms with Gasteiger partial charge in [0.15, 0.2) is 0 Å². The molecule has 0 aromatic heterocycles.